The summed E-state index contributed by atoms with van der Waals surface area (Å²) in [6.45, 7) is 6.50. The van der Waals surface area contributed by atoms with Gasteiger partial charge < -0.3 is 14.2 Å². The van der Waals surface area contributed by atoms with Crippen LogP contribution in [-0.4, -0.2) is 37.2 Å². The number of ether oxygens (including phenoxy) is 3. The van der Waals surface area contributed by atoms with Gasteiger partial charge in [0.1, 0.15) is 13.2 Å². The molecule has 0 rings (SSSR count). The Kier molecular flexibility index (Phi) is 64.3. The molecule has 0 N–H and O–H groups in total. The average molecular weight is 1110 g/mol. The topological polar surface area (TPSA) is 78.9 Å². The molecule has 0 fully saturated rings. The van der Waals surface area contributed by atoms with Gasteiger partial charge in [0.15, 0.2) is 6.10 Å². The predicted octanol–water partition coefficient (Wildman–Crippen LogP) is 23.4. The summed E-state index contributed by atoms with van der Waals surface area (Å²) < 4.78 is 16.9. The summed E-state index contributed by atoms with van der Waals surface area (Å²) in [5.74, 6) is -0.890. The Balaban J connectivity index is 4.21. The number of rotatable bonds is 61. The lowest BCUT2D eigenvalue weighted by molar-refractivity contribution is -0.167. The van der Waals surface area contributed by atoms with Crippen LogP contribution in [0.15, 0.2) is 109 Å². The van der Waals surface area contributed by atoms with Crippen LogP contribution in [0, 0.1) is 0 Å². The van der Waals surface area contributed by atoms with Crippen molar-refractivity contribution in [3.8, 4) is 0 Å². The smallest absolute Gasteiger partial charge is 0.306 e. The number of allylic oxidation sites excluding steroid dienone is 18. The van der Waals surface area contributed by atoms with E-state index in [0.29, 0.717) is 19.3 Å². The Bertz CT molecular complexity index is 1610. The van der Waals surface area contributed by atoms with E-state index >= 15 is 0 Å². The fraction of sp³-hybridized carbons (Fsp3) is 0.716. The van der Waals surface area contributed by atoms with E-state index in [-0.39, 0.29) is 31.1 Å². The first kappa shape index (κ1) is 76.1. The summed E-state index contributed by atoms with van der Waals surface area (Å²) in [7, 11) is 0. The quantitative estimate of drug-likeness (QED) is 0.0261. The van der Waals surface area contributed by atoms with E-state index in [0.717, 1.165) is 109 Å². The molecule has 458 valence electrons. The zero-order valence-corrected chi connectivity index (χ0v) is 52.6. The number of hydrogen-bond acceptors (Lipinski definition) is 6. The van der Waals surface area contributed by atoms with Gasteiger partial charge in [-0.1, -0.05) is 291 Å². The van der Waals surface area contributed by atoms with Crippen molar-refractivity contribution < 1.29 is 28.6 Å². The Labute approximate surface area is 495 Å². The highest BCUT2D eigenvalue weighted by Gasteiger charge is 2.19. The van der Waals surface area contributed by atoms with Gasteiger partial charge in [0, 0.05) is 19.3 Å². The molecule has 0 aliphatic carbocycles. The van der Waals surface area contributed by atoms with Gasteiger partial charge in [0.05, 0.1) is 0 Å². The summed E-state index contributed by atoms with van der Waals surface area (Å²) in [4.78, 5) is 38.3. The van der Waals surface area contributed by atoms with Crippen LogP contribution in [0.25, 0.3) is 0 Å². The second-order valence-corrected chi connectivity index (χ2v) is 22.3. The number of carbonyl (C=O) groups excluding carboxylic acids is 3. The number of esters is 3. The third-order valence-electron chi connectivity index (χ3n) is 14.5. The minimum absolute atomic E-state index is 0.0825. The molecular formula is C74H126O6. The van der Waals surface area contributed by atoms with E-state index in [4.69, 9.17) is 14.2 Å². The zero-order chi connectivity index (χ0) is 57.8. The van der Waals surface area contributed by atoms with E-state index in [1.54, 1.807) is 0 Å². The first-order valence-corrected chi connectivity index (χ1v) is 33.9. The second-order valence-electron chi connectivity index (χ2n) is 22.3. The molecule has 80 heavy (non-hydrogen) atoms. The van der Waals surface area contributed by atoms with Crippen LogP contribution in [-0.2, 0) is 28.6 Å². The van der Waals surface area contributed by atoms with E-state index in [9.17, 15) is 14.4 Å². The largest absolute Gasteiger partial charge is 0.462 e. The molecule has 0 bridgehead atoms. The third-order valence-corrected chi connectivity index (χ3v) is 14.5. The number of carbonyl (C=O) groups is 3. The van der Waals surface area contributed by atoms with Crippen molar-refractivity contribution in [1.82, 2.24) is 0 Å². The van der Waals surface area contributed by atoms with Crippen LogP contribution < -0.4 is 0 Å². The van der Waals surface area contributed by atoms with Crippen molar-refractivity contribution in [3.05, 3.63) is 109 Å². The van der Waals surface area contributed by atoms with Crippen LogP contribution in [0.5, 0.6) is 0 Å². The molecule has 0 aliphatic rings. The SMILES string of the molecule is CC/C=C\C/C=C\C/C=C\C/C=C\C/C=C\C/C=C\C/C=C\CCCCCCCCCCCCCC(=O)OCC(COC(=O)CCCCCCC/C=C\CCCC)OC(=O)CCCCCCCCC/C=C\CCCCCCCCC. The molecule has 6 heteroatoms. The van der Waals surface area contributed by atoms with Gasteiger partial charge in [-0.15, -0.1) is 0 Å². The van der Waals surface area contributed by atoms with E-state index in [1.165, 1.54) is 173 Å². The van der Waals surface area contributed by atoms with Crippen LogP contribution >= 0.6 is 0 Å². The Morgan fingerprint density at radius 1 is 0.263 bits per heavy atom. The molecule has 0 saturated heterocycles. The Morgan fingerprint density at radius 3 is 0.812 bits per heavy atom. The van der Waals surface area contributed by atoms with Crippen molar-refractivity contribution in [2.45, 2.75) is 329 Å². The van der Waals surface area contributed by atoms with E-state index in [2.05, 4.69) is 130 Å². The van der Waals surface area contributed by atoms with Crippen molar-refractivity contribution in [1.29, 1.82) is 0 Å². The maximum atomic E-state index is 12.9. The molecule has 0 aromatic carbocycles. The standard InChI is InChI=1S/C74H126O6/c1-4-7-10-13-16-19-22-24-26-28-30-31-32-33-34-35-36-37-38-39-40-41-42-43-44-46-47-49-52-55-58-61-64-67-73(76)79-70-71(69-78-72(75)66-63-60-57-54-51-21-18-15-12-9-6-3)80-74(77)68-65-62-59-56-53-50-48-45-29-27-25-23-20-17-14-11-8-5-2/h7,10,15-16,18-19,24,26-27,29-31,33-34,36-37,39-40,71H,4-6,8-9,11-14,17,20-23,25,28,32,35,38,41-70H2,1-3H3/b10-7-,18-15-,19-16-,26-24-,29-27-,31-30-,34-33-,37-36-,40-39-. The van der Waals surface area contributed by atoms with Crippen molar-refractivity contribution >= 4 is 17.9 Å². The summed E-state index contributed by atoms with van der Waals surface area (Å²) in [6, 6.07) is 0. The molecule has 0 saturated carbocycles. The summed E-state index contributed by atoms with van der Waals surface area (Å²) >= 11 is 0. The van der Waals surface area contributed by atoms with E-state index < -0.39 is 6.10 Å². The molecule has 0 aromatic heterocycles. The van der Waals surface area contributed by atoms with Crippen molar-refractivity contribution in [3.63, 3.8) is 0 Å². The molecule has 6 nitrogen and oxygen atoms in total. The first-order valence-electron chi connectivity index (χ1n) is 33.9. The van der Waals surface area contributed by atoms with E-state index in [1.807, 2.05) is 0 Å². The molecule has 0 aliphatic heterocycles. The second kappa shape index (κ2) is 67.6. The van der Waals surface area contributed by atoms with Crippen LogP contribution in [0.4, 0.5) is 0 Å². The highest BCUT2D eigenvalue weighted by Crippen LogP contribution is 2.16. The number of unbranched alkanes of at least 4 members (excludes halogenated alkanes) is 32. The monoisotopic (exact) mass is 1110 g/mol. The van der Waals surface area contributed by atoms with Crippen molar-refractivity contribution in [2.24, 2.45) is 0 Å². The molecule has 0 amide bonds. The minimum atomic E-state index is -0.785. The van der Waals surface area contributed by atoms with Crippen LogP contribution in [0.2, 0.25) is 0 Å². The highest BCUT2D eigenvalue weighted by atomic mass is 16.6. The normalized spacial score (nSPS) is 12.8. The Morgan fingerprint density at radius 2 is 0.500 bits per heavy atom. The number of hydrogen-bond donors (Lipinski definition) is 0. The van der Waals surface area contributed by atoms with Crippen LogP contribution in [0.3, 0.4) is 0 Å². The zero-order valence-electron chi connectivity index (χ0n) is 52.6. The molecule has 0 spiro atoms. The molecule has 0 aromatic rings. The minimum Gasteiger partial charge on any atom is -0.462 e. The Hall–Kier alpha value is -3.93. The lowest BCUT2D eigenvalue weighted by Crippen LogP contribution is -2.30. The molecule has 1 atom stereocenters. The van der Waals surface area contributed by atoms with Gasteiger partial charge in [-0.3, -0.25) is 14.4 Å². The van der Waals surface area contributed by atoms with Crippen molar-refractivity contribution in [2.75, 3.05) is 13.2 Å². The summed E-state index contributed by atoms with van der Waals surface area (Å²) in [5.41, 5.74) is 0. The average Bonchev–Trinajstić information content (AvgIpc) is 3.46. The van der Waals surface area contributed by atoms with Gasteiger partial charge >= 0.3 is 17.9 Å². The maximum Gasteiger partial charge on any atom is 0.306 e. The molecule has 0 radical (unpaired) electrons. The molecule has 0 heterocycles. The predicted molar refractivity (Wildman–Crippen MR) is 348 cm³/mol. The fourth-order valence-electron chi connectivity index (χ4n) is 9.40. The van der Waals surface area contributed by atoms with Gasteiger partial charge in [0.2, 0.25) is 0 Å². The summed E-state index contributed by atoms with van der Waals surface area (Å²) in [5, 5.41) is 0. The summed E-state index contributed by atoms with van der Waals surface area (Å²) in [6.07, 6.45) is 92.5. The highest BCUT2D eigenvalue weighted by molar-refractivity contribution is 5.71. The van der Waals surface area contributed by atoms with Gasteiger partial charge in [-0.2, -0.15) is 0 Å². The van der Waals surface area contributed by atoms with Gasteiger partial charge in [-0.25, -0.2) is 0 Å². The maximum absolute atomic E-state index is 12.9. The van der Waals surface area contributed by atoms with Crippen LogP contribution in [0.1, 0.15) is 323 Å². The third kappa shape index (κ3) is 64.9. The fourth-order valence-corrected chi connectivity index (χ4v) is 9.40. The lowest BCUT2D eigenvalue weighted by Gasteiger charge is -2.18. The van der Waals surface area contributed by atoms with Gasteiger partial charge in [0.25, 0.3) is 0 Å². The molecular weight excluding hydrogens is 985 g/mol. The van der Waals surface area contributed by atoms with Gasteiger partial charge in [-0.05, 0) is 122 Å². The molecule has 1 unspecified atom stereocenters. The lowest BCUT2D eigenvalue weighted by atomic mass is 10.0. The first-order chi connectivity index (χ1) is 39.5.